The molecule has 1 aromatic rings. The molecule has 3 nitrogen and oxygen atoms in total. The Bertz CT molecular complexity index is 292. The molecule has 0 heterocycles. The topological polar surface area (TPSA) is 52.5 Å². The molecule has 0 bridgehead atoms. The van der Waals surface area contributed by atoms with Gasteiger partial charge in [-0.1, -0.05) is 19.4 Å². The third-order valence-electron chi connectivity index (χ3n) is 2.47. The highest BCUT2D eigenvalue weighted by molar-refractivity contribution is 5.44. The van der Waals surface area contributed by atoms with Crippen LogP contribution in [-0.4, -0.2) is 16.8 Å². The molecule has 0 aliphatic rings. The van der Waals surface area contributed by atoms with Crippen LogP contribution in [0.15, 0.2) is 18.2 Å². The van der Waals surface area contributed by atoms with Crippen molar-refractivity contribution in [2.45, 2.75) is 32.7 Å². The van der Waals surface area contributed by atoms with Crippen LogP contribution in [0.2, 0.25) is 0 Å². The van der Waals surface area contributed by atoms with Crippen molar-refractivity contribution in [3.63, 3.8) is 0 Å². The van der Waals surface area contributed by atoms with Crippen LogP contribution in [0.3, 0.4) is 0 Å². The number of nitrogens with one attached hydrogen (secondary N) is 1. The number of rotatable bonds is 5. The smallest absolute Gasteiger partial charge is 0.124 e. The molecule has 3 N–H and O–H groups in total. The highest BCUT2D eigenvalue weighted by Crippen LogP contribution is 2.31. The van der Waals surface area contributed by atoms with Crippen molar-refractivity contribution in [2.24, 2.45) is 0 Å². The lowest BCUT2D eigenvalue weighted by atomic mass is 10.1. The van der Waals surface area contributed by atoms with Gasteiger partial charge >= 0.3 is 0 Å². The molecule has 0 aliphatic heterocycles. The maximum atomic E-state index is 9.62. The largest absolute Gasteiger partial charge is 0.507 e. The highest BCUT2D eigenvalue weighted by atomic mass is 16.3. The molecular formula is C12H19NO2. The summed E-state index contributed by atoms with van der Waals surface area (Å²) in [6, 6.07) is 4.78. The first-order valence-electron chi connectivity index (χ1n) is 5.41. The zero-order valence-corrected chi connectivity index (χ0v) is 9.33. The van der Waals surface area contributed by atoms with Crippen LogP contribution in [0, 0.1) is 0 Å². The van der Waals surface area contributed by atoms with E-state index in [1.807, 2.05) is 6.92 Å². The summed E-state index contributed by atoms with van der Waals surface area (Å²) >= 11 is 0. The summed E-state index contributed by atoms with van der Waals surface area (Å²) in [5.41, 5.74) is 0.577. The molecule has 0 saturated heterocycles. The van der Waals surface area contributed by atoms with E-state index in [1.54, 1.807) is 18.2 Å². The van der Waals surface area contributed by atoms with Gasteiger partial charge in [-0.15, -0.1) is 0 Å². The molecular weight excluding hydrogens is 190 g/mol. The second-order valence-electron chi connectivity index (χ2n) is 3.74. The first-order chi connectivity index (χ1) is 7.16. The van der Waals surface area contributed by atoms with E-state index in [1.165, 1.54) is 0 Å². The van der Waals surface area contributed by atoms with Crippen LogP contribution in [0.4, 0.5) is 0 Å². The van der Waals surface area contributed by atoms with Crippen molar-refractivity contribution in [3.8, 4) is 11.5 Å². The van der Waals surface area contributed by atoms with E-state index in [-0.39, 0.29) is 17.5 Å². The fraction of sp³-hybridized carbons (Fsp3) is 0.500. The van der Waals surface area contributed by atoms with Gasteiger partial charge in [-0.2, -0.15) is 0 Å². The SMILES string of the molecule is CCCCNC(C)c1c(O)cccc1O. The molecule has 0 radical (unpaired) electrons. The monoisotopic (exact) mass is 209 g/mol. The van der Waals surface area contributed by atoms with Crippen LogP contribution in [-0.2, 0) is 0 Å². The van der Waals surface area contributed by atoms with Gasteiger partial charge in [0.1, 0.15) is 11.5 Å². The molecule has 84 valence electrons. The van der Waals surface area contributed by atoms with E-state index in [0.29, 0.717) is 5.56 Å². The summed E-state index contributed by atoms with van der Waals surface area (Å²) in [6.45, 7) is 4.96. The van der Waals surface area contributed by atoms with E-state index in [4.69, 9.17) is 0 Å². The minimum atomic E-state index is -0.0299. The average Bonchev–Trinajstić information content (AvgIpc) is 2.18. The first-order valence-corrected chi connectivity index (χ1v) is 5.41. The molecule has 0 amide bonds. The van der Waals surface area contributed by atoms with Gasteiger partial charge in [0.2, 0.25) is 0 Å². The van der Waals surface area contributed by atoms with Gasteiger partial charge in [-0.05, 0) is 32.0 Å². The summed E-state index contributed by atoms with van der Waals surface area (Å²) in [5, 5.41) is 22.5. The molecule has 0 aliphatic carbocycles. The molecule has 0 saturated carbocycles. The van der Waals surface area contributed by atoms with Crippen molar-refractivity contribution in [1.29, 1.82) is 0 Å². The van der Waals surface area contributed by atoms with Crippen molar-refractivity contribution in [3.05, 3.63) is 23.8 Å². The van der Waals surface area contributed by atoms with E-state index in [9.17, 15) is 10.2 Å². The van der Waals surface area contributed by atoms with Gasteiger partial charge in [-0.3, -0.25) is 0 Å². The lowest BCUT2D eigenvalue weighted by Gasteiger charge is -2.16. The summed E-state index contributed by atoms with van der Waals surface area (Å²) in [7, 11) is 0. The third-order valence-corrected chi connectivity index (χ3v) is 2.47. The molecule has 1 rings (SSSR count). The lowest BCUT2D eigenvalue weighted by Crippen LogP contribution is -2.19. The van der Waals surface area contributed by atoms with E-state index in [0.717, 1.165) is 19.4 Å². The minimum absolute atomic E-state index is 0.0299. The zero-order valence-electron chi connectivity index (χ0n) is 9.33. The Kier molecular flexibility index (Phi) is 4.43. The van der Waals surface area contributed by atoms with Gasteiger partial charge in [0.15, 0.2) is 0 Å². The maximum absolute atomic E-state index is 9.62. The number of aromatic hydroxyl groups is 2. The molecule has 15 heavy (non-hydrogen) atoms. The predicted octanol–water partition coefficient (Wildman–Crippen LogP) is 2.55. The Labute approximate surface area is 90.8 Å². The van der Waals surface area contributed by atoms with E-state index < -0.39 is 0 Å². The van der Waals surface area contributed by atoms with E-state index >= 15 is 0 Å². The van der Waals surface area contributed by atoms with Gasteiger partial charge in [0, 0.05) is 6.04 Å². The second-order valence-corrected chi connectivity index (χ2v) is 3.74. The highest BCUT2D eigenvalue weighted by Gasteiger charge is 2.13. The number of phenols is 2. The Morgan fingerprint density at radius 3 is 2.40 bits per heavy atom. The summed E-state index contributed by atoms with van der Waals surface area (Å²) < 4.78 is 0. The molecule has 0 fully saturated rings. The Morgan fingerprint density at radius 1 is 1.27 bits per heavy atom. The van der Waals surface area contributed by atoms with Gasteiger partial charge in [-0.25, -0.2) is 0 Å². The normalized spacial score (nSPS) is 12.7. The van der Waals surface area contributed by atoms with E-state index in [2.05, 4.69) is 12.2 Å². The Morgan fingerprint density at radius 2 is 1.87 bits per heavy atom. The van der Waals surface area contributed by atoms with Crippen molar-refractivity contribution in [1.82, 2.24) is 5.32 Å². The minimum Gasteiger partial charge on any atom is -0.507 e. The van der Waals surface area contributed by atoms with Gasteiger partial charge in [0.25, 0.3) is 0 Å². The predicted molar refractivity (Wildman–Crippen MR) is 61.1 cm³/mol. The zero-order chi connectivity index (χ0) is 11.3. The van der Waals surface area contributed by atoms with Gasteiger partial charge < -0.3 is 15.5 Å². The lowest BCUT2D eigenvalue weighted by molar-refractivity contribution is 0.418. The summed E-state index contributed by atoms with van der Waals surface area (Å²) in [6.07, 6.45) is 2.23. The van der Waals surface area contributed by atoms with Crippen molar-refractivity contribution in [2.75, 3.05) is 6.54 Å². The number of unbranched alkanes of at least 4 members (excludes halogenated alkanes) is 1. The molecule has 0 aromatic heterocycles. The van der Waals surface area contributed by atoms with Crippen LogP contribution in [0.25, 0.3) is 0 Å². The van der Waals surface area contributed by atoms with Crippen LogP contribution < -0.4 is 5.32 Å². The number of phenolic OH excluding ortho intramolecular Hbond substituents is 2. The molecule has 1 unspecified atom stereocenters. The molecule has 1 aromatic carbocycles. The Balaban J connectivity index is 2.68. The number of hydrogen-bond donors (Lipinski definition) is 3. The van der Waals surface area contributed by atoms with Crippen molar-refractivity contribution >= 4 is 0 Å². The standard InChI is InChI=1S/C12H19NO2/c1-3-4-8-13-9(2)12-10(14)6-5-7-11(12)15/h5-7,9,13-15H,3-4,8H2,1-2H3. The summed E-state index contributed by atoms with van der Waals surface area (Å²) in [4.78, 5) is 0. The van der Waals surface area contributed by atoms with Crippen LogP contribution >= 0.6 is 0 Å². The third kappa shape index (κ3) is 3.13. The fourth-order valence-corrected chi connectivity index (χ4v) is 1.58. The van der Waals surface area contributed by atoms with Gasteiger partial charge in [0.05, 0.1) is 5.56 Å². The van der Waals surface area contributed by atoms with Crippen molar-refractivity contribution < 1.29 is 10.2 Å². The first kappa shape index (κ1) is 11.9. The average molecular weight is 209 g/mol. The fourth-order valence-electron chi connectivity index (χ4n) is 1.58. The molecule has 3 heteroatoms. The maximum Gasteiger partial charge on any atom is 0.124 e. The number of benzene rings is 1. The number of hydrogen-bond acceptors (Lipinski definition) is 3. The Hall–Kier alpha value is -1.22. The molecule has 0 spiro atoms. The van der Waals surface area contributed by atoms with Crippen LogP contribution in [0.5, 0.6) is 11.5 Å². The summed E-state index contributed by atoms with van der Waals surface area (Å²) in [5.74, 6) is 0.290. The quantitative estimate of drug-likeness (QED) is 0.653. The molecule has 1 atom stereocenters. The van der Waals surface area contributed by atoms with Crippen LogP contribution in [0.1, 0.15) is 38.3 Å². The second kappa shape index (κ2) is 5.61.